The maximum absolute atomic E-state index is 11.8. The van der Waals surface area contributed by atoms with E-state index in [1.807, 2.05) is 0 Å². The van der Waals surface area contributed by atoms with Crippen LogP contribution in [0.4, 0.5) is 0 Å². The second-order valence-electron chi connectivity index (χ2n) is 6.74. The van der Waals surface area contributed by atoms with E-state index in [1.165, 1.54) is 16.7 Å². The summed E-state index contributed by atoms with van der Waals surface area (Å²) < 4.78 is 5.54. The van der Waals surface area contributed by atoms with E-state index in [0.717, 1.165) is 38.5 Å². The van der Waals surface area contributed by atoms with Crippen LogP contribution in [-0.4, -0.2) is 12.1 Å². The van der Waals surface area contributed by atoms with E-state index in [4.69, 9.17) is 4.74 Å². The van der Waals surface area contributed by atoms with Crippen LogP contribution in [0.25, 0.3) is 0 Å². The van der Waals surface area contributed by atoms with Gasteiger partial charge < -0.3 is 4.74 Å². The lowest BCUT2D eigenvalue weighted by Gasteiger charge is -2.17. The molecule has 2 nitrogen and oxygen atoms in total. The molecule has 0 N–H and O–H groups in total. The van der Waals surface area contributed by atoms with Gasteiger partial charge in [0.1, 0.15) is 6.10 Å². The normalized spacial score (nSPS) is 35.1. The molecular weight excluding hydrogens is 272 g/mol. The van der Waals surface area contributed by atoms with Gasteiger partial charge in [-0.3, -0.25) is 0 Å². The van der Waals surface area contributed by atoms with Crippen LogP contribution < -0.4 is 0 Å². The van der Waals surface area contributed by atoms with Crippen LogP contribution in [-0.2, 0) is 9.53 Å². The minimum atomic E-state index is -0.212. The quantitative estimate of drug-likeness (QED) is 0.346. The zero-order chi connectivity index (χ0) is 16.1. The summed E-state index contributed by atoms with van der Waals surface area (Å²) in [6, 6.07) is 0. The molecule has 2 rings (SSSR count). The van der Waals surface area contributed by atoms with Crippen molar-refractivity contribution in [1.29, 1.82) is 0 Å². The van der Waals surface area contributed by atoms with Crippen molar-refractivity contribution in [2.24, 2.45) is 5.92 Å². The maximum atomic E-state index is 11.8. The third-order valence-corrected chi connectivity index (χ3v) is 4.72. The zero-order valence-electron chi connectivity index (χ0n) is 14.2. The largest absolute Gasteiger partial charge is 0.458 e. The Morgan fingerprint density at radius 1 is 1.00 bits per heavy atom. The average Bonchev–Trinajstić information content (AvgIpc) is 2.71. The van der Waals surface area contributed by atoms with Gasteiger partial charge >= 0.3 is 5.97 Å². The van der Waals surface area contributed by atoms with Crippen LogP contribution in [0.15, 0.2) is 47.1 Å². The van der Waals surface area contributed by atoms with Crippen molar-refractivity contribution in [2.75, 3.05) is 0 Å². The van der Waals surface area contributed by atoms with Crippen molar-refractivity contribution in [1.82, 2.24) is 0 Å². The molecule has 0 aromatic heterocycles. The lowest BCUT2D eigenvalue weighted by Crippen LogP contribution is -2.16. The summed E-state index contributed by atoms with van der Waals surface area (Å²) in [4.78, 5) is 11.8. The molecule has 2 heteroatoms. The van der Waals surface area contributed by atoms with Crippen molar-refractivity contribution in [2.45, 2.75) is 65.4 Å². The lowest BCUT2D eigenvalue weighted by atomic mass is 9.88. The van der Waals surface area contributed by atoms with Gasteiger partial charge in [-0.25, -0.2) is 4.79 Å². The Bertz CT molecular complexity index is 534. The molecule has 1 aliphatic heterocycles. The number of carbonyl (C=O) groups is 1. The zero-order valence-corrected chi connectivity index (χ0v) is 14.2. The van der Waals surface area contributed by atoms with Crippen LogP contribution in [0.2, 0.25) is 0 Å². The molecule has 2 atom stereocenters. The monoisotopic (exact) mass is 300 g/mol. The minimum absolute atomic E-state index is 0.0418. The Kier molecular flexibility index (Phi) is 5.82. The minimum Gasteiger partial charge on any atom is -0.458 e. The van der Waals surface area contributed by atoms with Gasteiger partial charge in [-0.1, -0.05) is 41.5 Å². The molecule has 0 amide bonds. The average molecular weight is 300 g/mol. The molecule has 0 saturated carbocycles. The van der Waals surface area contributed by atoms with Gasteiger partial charge in [-0.15, -0.1) is 0 Å². The number of rotatable bonds is 0. The van der Waals surface area contributed by atoms with Crippen LogP contribution in [0, 0.1) is 5.92 Å². The highest BCUT2D eigenvalue weighted by Gasteiger charge is 2.37. The number of ether oxygens (including phenoxy) is 1. The highest BCUT2D eigenvalue weighted by atomic mass is 16.6. The van der Waals surface area contributed by atoms with Gasteiger partial charge in [0.15, 0.2) is 0 Å². The molecule has 0 spiro atoms. The number of carbonyl (C=O) groups excluding carboxylic acids is 1. The van der Waals surface area contributed by atoms with E-state index in [0.29, 0.717) is 5.57 Å². The molecule has 0 aromatic carbocycles. The summed E-state index contributed by atoms with van der Waals surface area (Å²) in [7, 11) is 0. The second kappa shape index (κ2) is 7.62. The van der Waals surface area contributed by atoms with Gasteiger partial charge in [0.25, 0.3) is 0 Å². The predicted octanol–water partition coefficient (Wildman–Crippen LogP) is 5.28. The molecule has 1 saturated heterocycles. The summed E-state index contributed by atoms with van der Waals surface area (Å²) in [6.07, 6.45) is 12.9. The standard InChI is InChI=1S/C20H28O2/c1-14-7-5-9-15(2)11-12-18-17(4)20(21)22-19(18)13-16(3)10-6-8-14/h7,10-11,18-19H,4-6,8-9,12-13H2,1-3H3/b14-7-,15-11+,16-10+/t18-,19-/m1/s1. The summed E-state index contributed by atoms with van der Waals surface area (Å²) in [6.45, 7) is 10.5. The van der Waals surface area contributed by atoms with Crippen LogP contribution in [0.5, 0.6) is 0 Å². The van der Waals surface area contributed by atoms with Crippen molar-refractivity contribution in [3.05, 3.63) is 47.1 Å². The SMILES string of the molecule is C=C1C(=O)O[C@@H]2C/C(C)=C/CC/C(C)=C\CC/C(C)=C/C[C@H]12. The van der Waals surface area contributed by atoms with Crippen LogP contribution in [0.3, 0.4) is 0 Å². The fourth-order valence-electron chi connectivity index (χ4n) is 3.17. The molecule has 22 heavy (non-hydrogen) atoms. The Morgan fingerprint density at radius 2 is 1.59 bits per heavy atom. The van der Waals surface area contributed by atoms with E-state index in [1.54, 1.807) is 0 Å². The summed E-state index contributed by atoms with van der Waals surface area (Å²) in [5.74, 6) is -0.0818. The lowest BCUT2D eigenvalue weighted by molar-refractivity contribution is -0.139. The van der Waals surface area contributed by atoms with Crippen molar-refractivity contribution in [3.63, 3.8) is 0 Å². The number of esters is 1. The van der Waals surface area contributed by atoms with E-state index in [2.05, 4.69) is 45.6 Å². The number of allylic oxidation sites excluding steroid dienone is 5. The first-order valence-electron chi connectivity index (χ1n) is 8.34. The summed E-state index contributed by atoms with van der Waals surface area (Å²) in [5, 5.41) is 0. The fraction of sp³-hybridized carbons (Fsp3) is 0.550. The van der Waals surface area contributed by atoms with Gasteiger partial charge in [-0.05, 0) is 52.9 Å². The van der Waals surface area contributed by atoms with E-state index >= 15 is 0 Å². The van der Waals surface area contributed by atoms with Gasteiger partial charge in [-0.2, -0.15) is 0 Å². The van der Waals surface area contributed by atoms with Crippen molar-refractivity contribution < 1.29 is 9.53 Å². The number of hydrogen-bond acceptors (Lipinski definition) is 2. The smallest absolute Gasteiger partial charge is 0.334 e. The first kappa shape index (κ1) is 16.8. The Labute approximate surface area is 134 Å². The first-order chi connectivity index (χ1) is 10.5. The topological polar surface area (TPSA) is 26.3 Å². The molecule has 0 bridgehead atoms. The molecule has 2 aliphatic rings. The van der Waals surface area contributed by atoms with Gasteiger partial charge in [0.2, 0.25) is 0 Å². The Balaban J connectivity index is 2.19. The van der Waals surface area contributed by atoms with Crippen molar-refractivity contribution >= 4 is 5.97 Å². The maximum Gasteiger partial charge on any atom is 0.334 e. The van der Waals surface area contributed by atoms with Crippen LogP contribution in [0.1, 0.15) is 59.3 Å². The molecule has 0 radical (unpaired) electrons. The summed E-state index contributed by atoms with van der Waals surface area (Å²) >= 11 is 0. The third-order valence-electron chi connectivity index (χ3n) is 4.72. The molecule has 1 aliphatic carbocycles. The molecule has 0 aromatic rings. The highest BCUT2D eigenvalue weighted by molar-refractivity contribution is 5.90. The number of fused-ring (bicyclic) bond motifs is 1. The molecule has 0 unspecified atom stereocenters. The third kappa shape index (κ3) is 4.46. The first-order valence-corrected chi connectivity index (χ1v) is 8.34. The fourth-order valence-corrected chi connectivity index (χ4v) is 3.17. The number of hydrogen-bond donors (Lipinski definition) is 0. The molecule has 120 valence electrons. The molecule has 1 heterocycles. The predicted molar refractivity (Wildman–Crippen MR) is 91.5 cm³/mol. The second-order valence-corrected chi connectivity index (χ2v) is 6.74. The van der Waals surface area contributed by atoms with E-state index in [-0.39, 0.29) is 18.0 Å². The highest BCUT2D eigenvalue weighted by Crippen LogP contribution is 2.34. The van der Waals surface area contributed by atoms with E-state index in [9.17, 15) is 4.79 Å². The Morgan fingerprint density at radius 3 is 2.27 bits per heavy atom. The molecular formula is C20H28O2. The van der Waals surface area contributed by atoms with Gasteiger partial charge in [0, 0.05) is 17.9 Å². The van der Waals surface area contributed by atoms with Crippen LogP contribution >= 0.6 is 0 Å². The Hall–Kier alpha value is -1.57. The summed E-state index contributed by atoms with van der Waals surface area (Å²) in [5.41, 5.74) is 4.81. The molecule has 1 fully saturated rings. The van der Waals surface area contributed by atoms with Crippen molar-refractivity contribution in [3.8, 4) is 0 Å². The van der Waals surface area contributed by atoms with Gasteiger partial charge in [0.05, 0.1) is 0 Å². The van der Waals surface area contributed by atoms with E-state index < -0.39 is 0 Å².